The molecule has 0 amide bonds. The van der Waals surface area contributed by atoms with Gasteiger partial charge in [0.2, 0.25) is 0 Å². The van der Waals surface area contributed by atoms with Crippen LogP contribution in [0.4, 0.5) is 10.1 Å². The molecular weight excluding hydrogens is 321 g/mol. The van der Waals surface area contributed by atoms with Crippen molar-refractivity contribution in [3.63, 3.8) is 0 Å². The number of anilines is 1. The molecule has 0 spiro atoms. The third-order valence-electron chi connectivity index (χ3n) is 3.80. The summed E-state index contributed by atoms with van der Waals surface area (Å²) >= 11 is 3.43. The van der Waals surface area contributed by atoms with E-state index in [1.807, 2.05) is 0 Å². The number of nitrogens with one attached hydrogen (secondary N) is 1. The van der Waals surface area contributed by atoms with Crippen LogP contribution in [0.1, 0.15) is 24.3 Å². The molecule has 0 bridgehead atoms. The zero-order valence-electron chi connectivity index (χ0n) is 10.8. The SMILES string of the molecule is Oc1ccc(NC2CC(c3ccc(Br)cc3)C2)cc1F. The summed E-state index contributed by atoms with van der Waals surface area (Å²) in [4.78, 5) is 0. The van der Waals surface area contributed by atoms with Crippen molar-refractivity contribution in [3.8, 4) is 5.75 Å². The van der Waals surface area contributed by atoms with Gasteiger partial charge in [0.25, 0.3) is 0 Å². The lowest BCUT2D eigenvalue weighted by molar-refractivity contribution is 0.374. The predicted molar refractivity (Wildman–Crippen MR) is 81.6 cm³/mol. The van der Waals surface area contributed by atoms with E-state index >= 15 is 0 Å². The van der Waals surface area contributed by atoms with E-state index < -0.39 is 5.82 Å². The Kier molecular flexibility index (Phi) is 3.66. The van der Waals surface area contributed by atoms with Crippen LogP contribution in [-0.4, -0.2) is 11.1 Å². The molecule has 1 fully saturated rings. The third-order valence-corrected chi connectivity index (χ3v) is 4.33. The summed E-state index contributed by atoms with van der Waals surface area (Å²) in [6.07, 6.45) is 2.09. The van der Waals surface area contributed by atoms with Crippen LogP contribution >= 0.6 is 15.9 Å². The number of rotatable bonds is 3. The minimum atomic E-state index is -0.584. The molecule has 0 heterocycles. The van der Waals surface area contributed by atoms with E-state index in [4.69, 9.17) is 5.11 Å². The van der Waals surface area contributed by atoms with Gasteiger partial charge in [-0.3, -0.25) is 0 Å². The molecule has 0 atom stereocenters. The molecule has 2 nitrogen and oxygen atoms in total. The zero-order chi connectivity index (χ0) is 14.1. The van der Waals surface area contributed by atoms with Crippen molar-refractivity contribution in [2.24, 2.45) is 0 Å². The number of hydrogen-bond acceptors (Lipinski definition) is 2. The van der Waals surface area contributed by atoms with E-state index in [-0.39, 0.29) is 5.75 Å². The quantitative estimate of drug-likeness (QED) is 0.800. The molecule has 0 radical (unpaired) electrons. The largest absolute Gasteiger partial charge is 0.505 e. The molecule has 0 aromatic heterocycles. The Bertz CT molecular complexity index is 608. The average Bonchev–Trinajstić information content (AvgIpc) is 2.39. The number of hydrogen-bond donors (Lipinski definition) is 2. The van der Waals surface area contributed by atoms with E-state index in [1.54, 1.807) is 6.07 Å². The first kappa shape index (κ1) is 13.4. The Morgan fingerprint density at radius 2 is 1.80 bits per heavy atom. The van der Waals surface area contributed by atoms with Crippen molar-refractivity contribution < 1.29 is 9.50 Å². The molecule has 3 rings (SSSR count). The molecule has 104 valence electrons. The van der Waals surface area contributed by atoms with Gasteiger partial charge in [0.15, 0.2) is 11.6 Å². The van der Waals surface area contributed by atoms with Crippen molar-refractivity contribution in [2.45, 2.75) is 24.8 Å². The monoisotopic (exact) mass is 335 g/mol. The second-order valence-corrected chi connectivity index (χ2v) is 6.14. The lowest BCUT2D eigenvalue weighted by atomic mass is 9.76. The Labute approximate surface area is 125 Å². The van der Waals surface area contributed by atoms with E-state index in [0.29, 0.717) is 12.0 Å². The summed E-state index contributed by atoms with van der Waals surface area (Å²) in [5.41, 5.74) is 2.07. The summed E-state index contributed by atoms with van der Waals surface area (Å²) in [7, 11) is 0. The summed E-state index contributed by atoms with van der Waals surface area (Å²) in [6.45, 7) is 0. The van der Waals surface area contributed by atoms with E-state index in [1.165, 1.54) is 17.7 Å². The molecule has 4 heteroatoms. The molecule has 2 N–H and O–H groups in total. The van der Waals surface area contributed by atoms with Crippen LogP contribution in [0.5, 0.6) is 5.75 Å². The molecular formula is C16H15BrFNO. The number of halogens is 2. The van der Waals surface area contributed by atoms with Crippen molar-refractivity contribution >= 4 is 21.6 Å². The lowest BCUT2D eigenvalue weighted by Gasteiger charge is -2.37. The maximum Gasteiger partial charge on any atom is 0.166 e. The fourth-order valence-electron chi connectivity index (χ4n) is 2.58. The summed E-state index contributed by atoms with van der Waals surface area (Å²) in [5.74, 6) is -0.321. The van der Waals surface area contributed by atoms with Gasteiger partial charge in [-0.05, 0) is 48.6 Å². The highest BCUT2D eigenvalue weighted by molar-refractivity contribution is 9.10. The topological polar surface area (TPSA) is 32.3 Å². The first-order chi connectivity index (χ1) is 9.61. The van der Waals surface area contributed by atoms with Gasteiger partial charge in [-0.25, -0.2) is 4.39 Å². The van der Waals surface area contributed by atoms with Gasteiger partial charge in [-0.15, -0.1) is 0 Å². The smallest absolute Gasteiger partial charge is 0.166 e. The molecule has 0 saturated heterocycles. The normalized spacial score (nSPS) is 21.3. The molecule has 0 unspecified atom stereocenters. The van der Waals surface area contributed by atoms with Crippen LogP contribution < -0.4 is 5.32 Å². The Hall–Kier alpha value is -1.55. The number of aromatic hydroxyl groups is 1. The lowest BCUT2D eigenvalue weighted by Crippen LogP contribution is -2.33. The van der Waals surface area contributed by atoms with E-state index in [0.717, 1.165) is 23.0 Å². The van der Waals surface area contributed by atoms with Crippen molar-refractivity contribution in [2.75, 3.05) is 5.32 Å². The fraction of sp³-hybridized carbons (Fsp3) is 0.250. The van der Waals surface area contributed by atoms with Crippen molar-refractivity contribution in [1.82, 2.24) is 0 Å². The number of phenols is 1. The molecule has 1 aliphatic rings. The standard InChI is InChI=1S/C16H15BrFNO/c17-12-3-1-10(2-4-12)11-7-14(8-11)19-13-5-6-16(20)15(18)9-13/h1-6,9,11,14,19-20H,7-8H2. The summed E-state index contributed by atoms with van der Waals surface area (Å²) < 4.78 is 14.3. The third kappa shape index (κ3) is 2.80. The van der Waals surface area contributed by atoms with Crippen LogP contribution in [0.2, 0.25) is 0 Å². The Balaban J connectivity index is 1.58. The maximum atomic E-state index is 13.2. The average molecular weight is 336 g/mol. The summed E-state index contributed by atoms with van der Waals surface area (Å²) in [6, 6.07) is 13.2. The first-order valence-corrected chi connectivity index (χ1v) is 7.41. The Morgan fingerprint density at radius 1 is 1.10 bits per heavy atom. The van der Waals surface area contributed by atoms with Crippen molar-refractivity contribution in [3.05, 3.63) is 58.3 Å². The van der Waals surface area contributed by atoms with E-state index in [9.17, 15) is 4.39 Å². The molecule has 2 aromatic rings. The van der Waals surface area contributed by atoms with Crippen LogP contribution in [0, 0.1) is 5.82 Å². The first-order valence-electron chi connectivity index (χ1n) is 6.62. The predicted octanol–water partition coefficient (Wildman–Crippen LogP) is 4.65. The van der Waals surface area contributed by atoms with E-state index in [2.05, 4.69) is 45.5 Å². The van der Waals surface area contributed by atoms with Gasteiger partial charge in [0, 0.05) is 22.3 Å². The number of phenolic OH excluding ortho intramolecular Hbond substituents is 1. The van der Waals surface area contributed by atoms with Gasteiger partial charge in [-0.2, -0.15) is 0 Å². The zero-order valence-corrected chi connectivity index (χ0v) is 12.4. The second kappa shape index (κ2) is 5.44. The maximum absolute atomic E-state index is 13.2. The van der Waals surface area contributed by atoms with Crippen LogP contribution in [0.15, 0.2) is 46.9 Å². The van der Waals surface area contributed by atoms with Crippen molar-refractivity contribution in [1.29, 1.82) is 0 Å². The Morgan fingerprint density at radius 3 is 2.45 bits per heavy atom. The molecule has 0 aliphatic heterocycles. The van der Waals surface area contributed by atoms with Gasteiger partial charge in [-0.1, -0.05) is 28.1 Å². The van der Waals surface area contributed by atoms with Crippen LogP contribution in [0.3, 0.4) is 0 Å². The highest BCUT2D eigenvalue weighted by atomic mass is 79.9. The van der Waals surface area contributed by atoms with Gasteiger partial charge in [0.1, 0.15) is 0 Å². The second-order valence-electron chi connectivity index (χ2n) is 5.23. The van der Waals surface area contributed by atoms with Crippen LogP contribution in [-0.2, 0) is 0 Å². The minimum Gasteiger partial charge on any atom is -0.505 e. The number of benzene rings is 2. The highest BCUT2D eigenvalue weighted by Crippen LogP contribution is 2.39. The van der Waals surface area contributed by atoms with Gasteiger partial charge < -0.3 is 10.4 Å². The van der Waals surface area contributed by atoms with Gasteiger partial charge in [0.05, 0.1) is 0 Å². The molecule has 2 aromatic carbocycles. The summed E-state index contributed by atoms with van der Waals surface area (Å²) in [5, 5.41) is 12.5. The molecule has 20 heavy (non-hydrogen) atoms. The molecule has 1 aliphatic carbocycles. The van der Waals surface area contributed by atoms with Gasteiger partial charge >= 0.3 is 0 Å². The highest BCUT2D eigenvalue weighted by Gasteiger charge is 2.30. The molecule has 1 saturated carbocycles. The minimum absolute atomic E-state index is 0.308. The fourth-order valence-corrected chi connectivity index (χ4v) is 2.84. The van der Waals surface area contributed by atoms with Crippen LogP contribution in [0.25, 0.3) is 0 Å².